The molecule has 1 aliphatic heterocycles. The first-order valence-electron chi connectivity index (χ1n) is 9.53. The van der Waals surface area contributed by atoms with Gasteiger partial charge in [-0.15, -0.1) is 0 Å². The molecule has 0 radical (unpaired) electrons. The molecule has 2 atom stereocenters. The molecule has 0 saturated carbocycles. The maximum atomic E-state index is 13.1. The largest absolute Gasteiger partial charge is 0.274 e. The number of benzene rings is 3. The number of fused-ring (bicyclic) bond motifs is 3. The van der Waals surface area contributed by atoms with Gasteiger partial charge in [0.05, 0.1) is 21.9 Å². The van der Waals surface area contributed by atoms with Crippen molar-refractivity contribution in [2.45, 2.75) is 18.3 Å². The number of nitro groups is 1. The van der Waals surface area contributed by atoms with E-state index in [1.165, 1.54) is 12.1 Å². The van der Waals surface area contributed by atoms with Gasteiger partial charge < -0.3 is 0 Å². The third kappa shape index (κ3) is 2.97. The van der Waals surface area contributed by atoms with Crippen molar-refractivity contribution < 1.29 is 9.72 Å². The zero-order valence-electron chi connectivity index (χ0n) is 15.7. The molecule has 7 heteroatoms. The van der Waals surface area contributed by atoms with Crippen LogP contribution in [0.2, 0.25) is 5.02 Å². The number of imidazole rings is 1. The second kappa shape index (κ2) is 7.07. The Kier molecular flexibility index (Phi) is 4.37. The lowest BCUT2D eigenvalue weighted by Gasteiger charge is -2.32. The molecule has 0 saturated heterocycles. The van der Waals surface area contributed by atoms with Crippen LogP contribution in [0, 0.1) is 10.1 Å². The van der Waals surface area contributed by atoms with Crippen LogP contribution >= 0.6 is 11.6 Å². The van der Waals surface area contributed by atoms with E-state index in [4.69, 9.17) is 16.6 Å². The third-order valence-corrected chi connectivity index (χ3v) is 5.92. The van der Waals surface area contributed by atoms with Crippen molar-refractivity contribution in [2.24, 2.45) is 0 Å². The third-order valence-electron chi connectivity index (χ3n) is 5.67. The molecule has 4 aromatic rings. The summed E-state index contributed by atoms with van der Waals surface area (Å²) >= 11 is 6.07. The predicted molar refractivity (Wildman–Crippen MR) is 114 cm³/mol. The molecule has 0 bridgehead atoms. The van der Waals surface area contributed by atoms with E-state index in [0.717, 1.165) is 22.2 Å². The van der Waals surface area contributed by atoms with Crippen molar-refractivity contribution in [3.05, 3.63) is 105 Å². The number of carbonyl (C=O) groups excluding carboxylic acids is 1. The Bertz CT molecular complexity index is 1280. The first kappa shape index (κ1) is 18.5. The van der Waals surface area contributed by atoms with Gasteiger partial charge in [0.2, 0.25) is 5.91 Å². The van der Waals surface area contributed by atoms with Gasteiger partial charge in [0.15, 0.2) is 0 Å². The minimum Gasteiger partial charge on any atom is -0.274 e. The molecular formula is C23H16ClN3O3. The molecule has 0 aliphatic carbocycles. The number of rotatable bonds is 3. The zero-order valence-corrected chi connectivity index (χ0v) is 16.5. The quantitative estimate of drug-likeness (QED) is 0.323. The monoisotopic (exact) mass is 417 g/mol. The summed E-state index contributed by atoms with van der Waals surface area (Å²) in [5.41, 5.74) is 3.42. The topological polar surface area (TPSA) is 78.0 Å². The Hall–Kier alpha value is -3.51. The summed E-state index contributed by atoms with van der Waals surface area (Å²) < 4.78 is 1.69. The maximum Gasteiger partial charge on any atom is 0.269 e. The van der Waals surface area contributed by atoms with E-state index in [0.29, 0.717) is 17.3 Å². The van der Waals surface area contributed by atoms with E-state index >= 15 is 0 Å². The van der Waals surface area contributed by atoms with Gasteiger partial charge in [0, 0.05) is 29.5 Å². The molecule has 0 amide bonds. The highest BCUT2D eigenvalue weighted by Gasteiger charge is 2.38. The van der Waals surface area contributed by atoms with Crippen LogP contribution in [0.1, 0.15) is 40.0 Å². The van der Waals surface area contributed by atoms with E-state index in [9.17, 15) is 14.9 Å². The second-order valence-electron chi connectivity index (χ2n) is 7.38. The number of para-hydroxylation sites is 2. The summed E-state index contributed by atoms with van der Waals surface area (Å²) in [4.78, 5) is 28.6. The standard InChI is InChI=1S/C23H16ClN3O3/c24-16-9-5-14(6-10-16)18-13-21(28)26-20-4-2-1-3-19(20)25-23(26)22(18)15-7-11-17(12-8-15)27(29)30/h1-12,18,22H,13H2/t18-,22-/m1/s1. The average molecular weight is 418 g/mol. The zero-order chi connectivity index (χ0) is 20.8. The molecule has 3 aromatic carbocycles. The molecule has 30 heavy (non-hydrogen) atoms. The van der Waals surface area contributed by atoms with Crippen LogP contribution in [-0.2, 0) is 0 Å². The average Bonchev–Trinajstić information content (AvgIpc) is 3.14. The fraction of sp³-hybridized carbons (Fsp3) is 0.130. The van der Waals surface area contributed by atoms with Gasteiger partial charge in [-0.3, -0.25) is 19.5 Å². The van der Waals surface area contributed by atoms with E-state index in [1.54, 1.807) is 16.7 Å². The van der Waals surface area contributed by atoms with Gasteiger partial charge in [-0.25, -0.2) is 4.98 Å². The molecule has 5 rings (SSSR count). The van der Waals surface area contributed by atoms with Crippen LogP contribution in [0.3, 0.4) is 0 Å². The predicted octanol–water partition coefficient (Wildman–Crippen LogP) is 5.56. The van der Waals surface area contributed by atoms with Gasteiger partial charge in [0.25, 0.3) is 5.69 Å². The van der Waals surface area contributed by atoms with Gasteiger partial charge in [0.1, 0.15) is 5.82 Å². The molecule has 0 unspecified atom stereocenters. The summed E-state index contributed by atoms with van der Waals surface area (Å²) in [5, 5.41) is 11.7. The molecule has 2 heterocycles. The smallest absolute Gasteiger partial charge is 0.269 e. The second-order valence-corrected chi connectivity index (χ2v) is 7.81. The molecular weight excluding hydrogens is 402 g/mol. The SMILES string of the molecule is O=C1C[C@H](c2ccc(Cl)cc2)[C@@H](c2ccc([N+](=O)[O-])cc2)c2nc3ccccc3n21. The van der Waals surface area contributed by atoms with E-state index in [-0.39, 0.29) is 23.4 Å². The summed E-state index contributed by atoms with van der Waals surface area (Å²) in [6, 6.07) is 21.5. The van der Waals surface area contributed by atoms with Crippen molar-refractivity contribution in [3.8, 4) is 0 Å². The lowest BCUT2D eigenvalue weighted by atomic mass is 9.76. The summed E-state index contributed by atoms with van der Waals surface area (Å²) in [6.07, 6.45) is 0.302. The number of hydrogen-bond donors (Lipinski definition) is 0. The summed E-state index contributed by atoms with van der Waals surface area (Å²) in [7, 11) is 0. The van der Waals surface area contributed by atoms with Crippen LogP contribution in [0.25, 0.3) is 11.0 Å². The molecule has 0 fully saturated rings. The van der Waals surface area contributed by atoms with E-state index < -0.39 is 4.92 Å². The Balaban J connectivity index is 1.72. The highest BCUT2D eigenvalue weighted by molar-refractivity contribution is 6.30. The minimum absolute atomic E-state index is 0.0168. The van der Waals surface area contributed by atoms with Crippen molar-refractivity contribution in [1.29, 1.82) is 0 Å². The van der Waals surface area contributed by atoms with Crippen molar-refractivity contribution in [2.75, 3.05) is 0 Å². The van der Waals surface area contributed by atoms with Gasteiger partial charge in [-0.05, 0) is 35.4 Å². The van der Waals surface area contributed by atoms with Gasteiger partial charge in [-0.1, -0.05) is 48.0 Å². The van der Waals surface area contributed by atoms with Crippen LogP contribution in [-0.4, -0.2) is 20.4 Å². The highest BCUT2D eigenvalue weighted by atomic mass is 35.5. The Morgan fingerprint density at radius 3 is 2.33 bits per heavy atom. The van der Waals surface area contributed by atoms with E-state index in [2.05, 4.69) is 0 Å². The lowest BCUT2D eigenvalue weighted by molar-refractivity contribution is -0.384. The Morgan fingerprint density at radius 2 is 1.63 bits per heavy atom. The summed E-state index contributed by atoms with van der Waals surface area (Å²) in [6.45, 7) is 0. The lowest BCUT2D eigenvalue weighted by Crippen LogP contribution is -2.30. The number of nitro benzene ring substituents is 1. The Morgan fingerprint density at radius 1 is 0.967 bits per heavy atom. The molecule has 1 aliphatic rings. The number of nitrogens with zero attached hydrogens (tertiary/aromatic N) is 3. The fourth-order valence-corrected chi connectivity index (χ4v) is 4.42. The van der Waals surface area contributed by atoms with Crippen molar-refractivity contribution in [3.63, 3.8) is 0 Å². The maximum absolute atomic E-state index is 13.1. The number of carbonyl (C=O) groups is 1. The fourth-order valence-electron chi connectivity index (χ4n) is 4.30. The van der Waals surface area contributed by atoms with Crippen LogP contribution in [0.5, 0.6) is 0 Å². The number of halogens is 1. The number of hydrogen-bond acceptors (Lipinski definition) is 4. The first-order valence-corrected chi connectivity index (χ1v) is 9.91. The van der Waals surface area contributed by atoms with Crippen LogP contribution in [0.4, 0.5) is 5.69 Å². The molecule has 1 aromatic heterocycles. The molecule has 0 N–H and O–H groups in total. The number of non-ortho nitro benzene ring substituents is 1. The van der Waals surface area contributed by atoms with Gasteiger partial charge >= 0.3 is 0 Å². The van der Waals surface area contributed by atoms with Crippen molar-refractivity contribution >= 4 is 34.2 Å². The van der Waals surface area contributed by atoms with Gasteiger partial charge in [-0.2, -0.15) is 0 Å². The molecule has 0 spiro atoms. The molecule has 6 nitrogen and oxygen atoms in total. The first-order chi connectivity index (χ1) is 14.5. The highest BCUT2D eigenvalue weighted by Crippen LogP contribution is 2.45. The molecule has 148 valence electrons. The minimum atomic E-state index is -0.417. The number of aromatic nitrogens is 2. The Labute approximate surface area is 176 Å². The summed E-state index contributed by atoms with van der Waals surface area (Å²) in [5.74, 6) is 0.260. The van der Waals surface area contributed by atoms with E-state index in [1.807, 2.05) is 48.5 Å². The van der Waals surface area contributed by atoms with Crippen molar-refractivity contribution in [1.82, 2.24) is 9.55 Å². The van der Waals surface area contributed by atoms with Crippen LogP contribution < -0.4 is 0 Å². The normalized spacial score (nSPS) is 18.4. The van der Waals surface area contributed by atoms with Crippen LogP contribution in [0.15, 0.2) is 72.8 Å².